The summed E-state index contributed by atoms with van der Waals surface area (Å²) in [4.78, 5) is 27.4. The number of nitro benzene ring substituents is 1. The second-order valence-corrected chi connectivity index (χ2v) is 10.7. The number of benzene rings is 1. The minimum atomic E-state index is -3.60. The Kier molecular flexibility index (Phi) is 5.34. The summed E-state index contributed by atoms with van der Waals surface area (Å²) >= 11 is 2.30. The van der Waals surface area contributed by atoms with Gasteiger partial charge in [0, 0.05) is 25.2 Å². The highest BCUT2D eigenvalue weighted by Gasteiger charge is 2.34. The number of non-ortho nitro benzene ring substituents is 1. The average Bonchev–Trinajstić information content (AvgIpc) is 3.37. The molecule has 3 aromatic rings. The Labute approximate surface area is 174 Å². The van der Waals surface area contributed by atoms with Crippen molar-refractivity contribution in [2.45, 2.75) is 17.1 Å². The molecule has 4 rings (SSSR count). The highest BCUT2D eigenvalue weighted by molar-refractivity contribution is 7.91. The number of fused-ring (bicyclic) bond motifs is 1. The molecule has 1 saturated heterocycles. The number of nitrogens with zero attached hydrogens (tertiary/aromatic N) is 3. The number of amides is 1. The summed E-state index contributed by atoms with van der Waals surface area (Å²) in [6, 6.07) is 7.56. The van der Waals surface area contributed by atoms with Gasteiger partial charge >= 0.3 is 0 Å². The number of hydrogen-bond donors (Lipinski definition) is 1. The molecule has 1 atom stereocenters. The lowest BCUT2D eigenvalue weighted by Crippen LogP contribution is -2.43. The van der Waals surface area contributed by atoms with Crippen LogP contribution in [0.3, 0.4) is 0 Å². The topological polar surface area (TPSA) is 123 Å². The number of piperidine rings is 1. The summed E-state index contributed by atoms with van der Waals surface area (Å²) in [5.74, 6) is -0.788. The molecule has 0 saturated carbocycles. The molecule has 152 valence electrons. The number of sulfonamides is 1. The van der Waals surface area contributed by atoms with E-state index in [2.05, 4.69) is 10.3 Å². The van der Waals surface area contributed by atoms with Crippen molar-refractivity contribution in [1.82, 2.24) is 9.29 Å². The van der Waals surface area contributed by atoms with Crippen LogP contribution in [0.2, 0.25) is 0 Å². The summed E-state index contributed by atoms with van der Waals surface area (Å²) in [6.07, 6.45) is 1.17. The SMILES string of the molecule is O=C(Nc1nc2ccc([N+](=O)[O-])cc2s1)C1CCCN(S(=O)(=O)c2cccs2)C1. The number of nitrogens with one attached hydrogen (secondary N) is 1. The Hall–Kier alpha value is -2.41. The number of nitro groups is 1. The Morgan fingerprint density at radius 3 is 2.90 bits per heavy atom. The Balaban J connectivity index is 1.48. The van der Waals surface area contributed by atoms with Crippen molar-refractivity contribution >= 4 is 59.6 Å². The van der Waals surface area contributed by atoms with Crippen LogP contribution in [0.1, 0.15) is 12.8 Å². The Bertz CT molecular complexity index is 1170. The first kappa shape index (κ1) is 19.9. The van der Waals surface area contributed by atoms with E-state index in [9.17, 15) is 23.3 Å². The van der Waals surface area contributed by atoms with Gasteiger partial charge in [-0.25, -0.2) is 13.4 Å². The van der Waals surface area contributed by atoms with Crippen LogP contribution >= 0.6 is 22.7 Å². The molecule has 1 fully saturated rings. The quantitative estimate of drug-likeness (QED) is 0.468. The molecule has 1 unspecified atom stereocenters. The lowest BCUT2D eigenvalue weighted by molar-refractivity contribution is -0.384. The third-order valence-electron chi connectivity index (χ3n) is 4.66. The zero-order valence-corrected chi connectivity index (χ0v) is 17.4. The molecule has 1 amide bonds. The summed E-state index contributed by atoms with van der Waals surface area (Å²) < 4.78 is 27.7. The van der Waals surface area contributed by atoms with Gasteiger partial charge in [-0.3, -0.25) is 14.9 Å². The number of carbonyl (C=O) groups is 1. The standard InChI is InChI=1S/C17H16N4O5S3/c22-16(19-17-18-13-6-5-12(21(23)24)9-14(13)28-17)11-3-1-7-20(10-11)29(25,26)15-4-2-8-27-15/h2,4-6,8-9,11H,1,3,7,10H2,(H,18,19,22). The van der Waals surface area contributed by atoms with Gasteiger partial charge in [-0.05, 0) is 30.4 Å². The summed E-state index contributed by atoms with van der Waals surface area (Å²) in [5.41, 5.74) is 0.516. The number of thiazole rings is 1. The third kappa shape index (κ3) is 4.01. The predicted molar refractivity (Wildman–Crippen MR) is 111 cm³/mol. The first-order chi connectivity index (χ1) is 13.8. The number of hydrogen-bond acceptors (Lipinski definition) is 8. The molecular formula is C17H16N4O5S3. The first-order valence-electron chi connectivity index (χ1n) is 8.74. The smallest absolute Gasteiger partial charge is 0.270 e. The second kappa shape index (κ2) is 7.78. The van der Waals surface area contributed by atoms with E-state index in [1.165, 1.54) is 22.5 Å². The predicted octanol–water partition coefficient (Wildman–Crippen LogP) is 3.31. The molecule has 1 aromatic carbocycles. The van der Waals surface area contributed by atoms with Crippen LogP contribution in [-0.4, -0.2) is 41.6 Å². The maximum atomic E-state index is 12.7. The minimum Gasteiger partial charge on any atom is -0.302 e. The van der Waals surface area contributed by atoms with Crippen LogP contribution in [0.4, 0.5) is 10.8 Å². The fraction of sp³-hybridized carbons (Fsp3) is 0.294. The number of aromatic nitrogens is 1. The van der Waals surface area contributed by atoms with Crippen molar-refractivity contribution < 1.29 is 18.1 Å². The molecule has 0 spiro atoms. The third-order valence-corrected chi connectivity index (χ3v) is 8.83. The van der Waals surface area contributed by atoms with Gasteiger partial charge in [0.25, 0.3) is 15.7 Å². The van der Waals surface area contributed by atoms with Crippen molar-refractivity contribution in [3.05, 3.63) is 45.8 Å². The molecular weight excluding hydrogens is 436 g/mol. The van der Waals surface area contributed by atoms with E-state index in [1.54, 1.807) is 17.5 Å². The van der Waals surface area contributed by atoms with Crippen LogP contribution in [-0.2, 0) is 14.8 Å². The molecule has 0 aliphatic carbocycles. The van der Waals surface area contributed by atoms with Crippen molar-refractivity contribution in [2.75, 3.05) is 18.4 Å². The molecule has 0 bridgehead atoms. The van der Waals surface area contributed by atoms with Crippen molar-refractivity contribution in [1.29, 1.82) is 0 Å². The van der Waals surface area contributed by atoms with Gasteiger partial charge in [0.2, 0.25) is 5.91 Å². The Morgan fingerprint density at radius 2 is 2.17 bits per heavy atom. The van der Waals surface area contributed by atoms with Gasteiger partial charge in [-0.1, -0.05) is 17.4 Å². The molecule has 1 aliphatic heterocycles. The lowest BCUT2D eigenvalue weighted by Gasteiger charge is -2.30. The van der Waals surface area contributed by atoms with Gasteiger partial charge in [0.05, 0.1) is 21.1 Å². The molecule has 3 heterocycles. The van der Waals surface area contributed by atoms with E-state index in [4.69, 9.17) is 0 Å². The van der Waals surface area contributed by atoms with E-state index in [0.717, 1.165) is 22.7 Å². The molecule has 12 heteroatoms. The van der Waals surface area contributed by atoms with Gasteiger partial charge in [-0.2, -0.15) is 4.31 Å². The maximum Gasteiger partial charge on any atom is 0.270 e. The number of carbonyl (C=O) groups excluding carboxylic acids is 1. The normalized spacial score (nSPS) is 18.0. The zero-order valence-electron chi connectivity index (χ0n) is 15.0. The van der Waals surface area contributed by atoms with Gasteiger partial charge in [0.15, 0.2) is 5.13 Å². The highest BCUT2D eigenvalue weighted by Crippen LogP contribution is 2.31. The van der Waals surface area contributed by atoms with E-state index in [-0.39, 0.29) is 22.3 Å². The fourth-order valence-electron chi connectivity index (χ4n) is 3.20. The van der Waals surface area contributed by atoms with Crippen LogP contribution in [0.25, 0.3) is 10.2 Å². The molecule has 29 heavy (non-hydrogen) atoms. The van der Waals surface area contributed by atoms with Gasteiger partial charge in [0.1, 0.15) is 4.21 Å². The summed E-state index contributed by atoms with van der Waals surface area (Å²) in [7, 11) is -3.60. The van der Waals surface area contributed by atoms with Crippen LogP contribution in [0.15, 0.2) is 39.9 Å². The fourth-order valence-corrected chi connectivity index (χ4v) is 6.77. The number of anilines is 1. The van der Waals surface area contributed by atoms with E-state index < -0.39 is 20.9 Å². The summed E-state index contributed by atoms with van der Waals surface area (Å²) in [5, 5.41) is 15.7. The highest BCUT2D eigenvalue weighted by atomic mass is 32.2. The van der Waals surface area contributed by atoms with Gasteiger partial charge in [-0.15, -0.1) is 11.3 Å². The van der Waals surface area contributed by atoms with Crippen LogP contribution < -0.4 is 5.32 Å². The van der Waals surface area contributed by atoms with Crippen molar-refractivity contribution in [3.8, 4) is 0 Å². The largest absolute Gasteiger partial charge is 0.302 e. The first-order valence-corrected chi connectivity index (χ1v) is 11.9. The number of rotatable bonds is 5. The average molecular weight is 453 g/mol. The lowest BCUT2D eigenvalue weighted by atomic mass is 9.99. The molecule has 9 nitrogen and oxygen atoms in total. The monoisotopic (exact) mass is 452 g/mol. The molecule has 1 N–H and O–H groups in total. The minimum absolute atomic E-state index is 0.0410. The maximum absolute atomic E-state index is 12.7. The van der Waals surface area contributed by atoms with Crippen molar-refractivity contribution in [3.63, 3.8) is 0 Å². The zero-order chi connectivity index (χ0) is 20.6. The van der Waals surface area contributed by atoms with Crippen LogP contribution in [0, 0.1) is 16.0 Å². The van der Waals surface area contributed by atoms with Crippen molar-refractivity contribution in [2.24, 2.45) is 5.92 Å². The molecule has 2 aromatic heterocycles. The molecule has 0 radical (unpaired) electrons. The van der Waals surface area contributed by atoms with Gasteiger partial charge < -0.3 is 5.32 Å². The van der Waals surface area contributed by atoms with E-state index in [1.807, 2.05) is 0 Å². The summed E-state index contributed by atoms with van der Waals surface area (Å²) in [6.45, 7) is 0.497. The number of thiophene rings is 1. The Morgan fingerprint density at radius 1 is 1.34 bits per heavy atom. The van der Waals surface area contributed by atoms with Crippen LogP contribution in [0.5, 0.6) is 0 Å². The second-order valence-electron chi connectivity index (χ2n) is 6.55. The molecule has 1 aliphatic rings. The van der Waals surface area contributed by atoms with E-state index >= 15 is 0 Å². The van der Waals surface area contributed by atoms with E-state index in [0.29, 0.717) is 34.7 Å².